The van der Waals surface area contributed by atoms with Gasteiger partial charge in [0.25, 0.3) is 5.89 Å². The molecule has 5 rings (SSSR count). The third-order valence-electron chi connectivity index (χ3n) is 5.69. The molecule has 4 aromatic rings. The van der Waals surface area contributed by atoms with E-state index in [2.05, 4.69) is 15.5 Å². The van der Waals surface area contributed by atoms with E-state index in [0.29, 0.717) is 22.7 Å². The molecule has 0 saturated heterocycles. The van der Waals surface area contributed by atoms with Gasteiger partial charge < -0.3 is 9.84 Å². The Morgan fingerprint density at radius 3 is 2.53 bits per heavy atom. The van der Waals surface area contributed by atoms with Crippen LogP contribution in [0.2, 0.25) is 0 Å². The Morgan fingerprint density at radius 1 is 1.03 bits per heavy atom. The van der Waals surface area contributed by atoms with Crippen LogP contribution in [0.4, 0.5) is 14.9 Å². The van der Waals surface area contributed by atoms with Gasteiger partial charge in [0, 0.05) is 16.2 Å². The zero-order valence-electron chi connectivity index (χ0n) is 18.5. The van der Waals surface area contributed by atoms with Crippen LogP contribution >= 0.6 is 11.8 Å². The molecule has 0 fully saturated rings. The summed E-state index contributed by atoms with van der Waals surface area (Å²) in [4.78, 5) is 20.6. The van der Waals surface area contributed by atoms with Crippen molar-refractivity contribution < 1.29 is 13.7 Å². The van der Waals surface area contributed by atoms with Crippen molar-refractivity contribution in [1.82, 2.24) is 15.5 Å². The molecule has 1 aromatic heterocycles. The molecule has 170 valence electrons. The molecule has 34 heavy (non-hydrogen) atoms. The second kappa shape index (κ2) is 9.15. The number of amides is 2. The minimum absolute atomic E-state index is 0.244. The SMILES string of the molecule is CSc1cccc(N2C(=O)NC(c3ccccc3)C(c3nc(-c4ccc(F)cc4)no3)=C2C)c1. The standard InChI is InChI=1S/C26H21FN4O2S/c1-16-22(25-29-24(30-33-25)18-11-13-19(27)14-12-18)23(17-7-4-3-5-8-17)28-26(32)31(16)20-9-6-10-21(15-20)34-2/h3-15,23H,1-2H3,(H,28,32). The predicted molar refractivity (Wildman–Crippen MR) is 131 cm³/mol. The summed E-state index contributed by atoms with van der Waals surface area (Å²) in [6.45, 7) is 1.87. The largest absolute Gasteiger partial charge is 0.334 e. The Labute approximate surface area is 200 Å². The number of anilines is 1. The van der Waals surface area contributed by atoms with Crippen LogP contribution in [0.1, 0.15) is 24.4 Å². The lowest BCUT2D eigenvalue weighted by Crippen LogP contribution is -2.46. The molecule has 1 atom stereocenters. The molecule has 0 aliphatic carbocycles. The monoisotopic (exact) mass is 472 g/mol. The van der Waals surface area contributed by atoms with Crippen molar-refractivity contribution in [3.63, 3.8) is 0 Å². The van der Waals surface area contributed by atoms with Gasteiger partial charge in [0.2, 0.25) is 5.82 Å². The van der Waals surface area contributed by atoms with E-state index >= 15 is 0 Å². The molecule has 1 N–H and O–H groups in total. The lowest BCUT2D eigenvalue weighted by Gasteiger charge is -2.35. The second-order valence-corrected chi connectivity index (χ2v) is 8.64. The Hall–Kier alpha value is -3.91. The van der Waals surface area contributed by atoms with Gasteiger partial charge in [0.1, 0.15) is 5.82 Å². The Bertz CT molecular complexity index is 1370. The summed E-state index contributed by atoms with van der Waals surface area (Å²) >= 11 is 1.60. The Morgan fingerprint density at radius 2 is 1.79 bits per heavy atom. The fourth-order valence-corrected chi connectivity index (χ4v) is 4.48. The first-order chi connectivity index (χ1) is 16.5. The summed E-state index contributed by atoms with van der Waals surface area (Å²) in [6.07, 6.45) is 1.99. The van der Waals surface area contributed by atoms with Crippen LogP contribution in [0, 0.1) is 5.82 Å². The molecule has 1 aliphatic rings. The number of urea groups is 1. The van der Waals surface area contributed by atoms with E-state index in [0.717, 1.165) is 16.1 Å². The number of thioether (sulfide) groups is 1. The summed E-state index contributed by atoms with van der Waals surface area (Å²) < 4.78 is 19.0. The number of nitrogens with zero attached hydrogens (tertiary/aromatic N) is 3. The fraction of sp³-hybridized carbons (Fsp3) is 0.115. The smallest absolute Gasteiger partial charge is 0.326 e. The number of nitrogens with one attached hydrogen (secondary N) is 1. The maximum Gasteiger partial charge on any atom is 0.326 e. The molecule has 0 radical (unpaired) electrons. The highest BCUT2D eigenvalue weighted by Crippen LogP contribution is 2.39. The summed E-state index contributed by atoms with van der Waals surface area (Å²) in [5, 5.41) is 7.22. The van der Waals surface area contributed by atoms with Gasteiger partial charge >= 0.3 is 6.03 Å². The van der Waals surface area contributed by atoms with E-state index in [4.69, 9.17) is 4.52 Å². The van der Waals surface area contributed by atoms with Crippen LogP contribution < -0.4 is 10.2 Å². The van der Waals surface area contributed by atoms with E-state index in [1.54, 1.807) is 28.8 Å². The number of carbonyl (C=O) groups is 1. The quantitative estimate of drug-likeness (QED) is 0.345. The summed E-state index contributed by atoms with van der Waals surface area (Å²) in [7, 11) is 0. The molecule has 1 unspecified atom stereocenters. The van der Waals surface area contributed by atoms with Crippen molar-refractivity contribution in [3.8, 4) is 11.4 Å². The van der Waals surface area contributed by atoms with Crippen LogP contribution in [0.15, 0.2) is 94.0 Å². The Kier molecular flexibility index (Phi) is 5.90. The third kappa shape index (κ3) is 4.08. The molecule has 8 heteroatoms. The van der Waals surface area contributed by atoms with Gasteiger partial charge in [0.05, 0.1) is 17.3 Å². The minimum atomic E-state index is -0.477. The van der Waals surface area contributed by atoms with Crippen molar-refractivity contribution in [2.75, 3.05) is 11.2 Å². The number of halogens is 1. The summed E-state index contributed by atoms with van der Waals surface area (Å²) in [6, 6.07) is 22.6. The molecular formula is C26H21FN4O2S. The number of allylic oxidation sites excluding steroid dienone is 1. The zero-order chi connectivity index (χ0) is 23.7. The van der Waals surface area contributed by atoms with Gasteiger partial charge in [-0.25, -0.2) is 9.18 Å². The average Bonchev–Trinajstić information content (AvgIpc) is 3.34. The predicted octanol–water partition coefficient (Wildman–Crippen LogP) is 6.30. The van der Waals surface area contributed by atoms with Gasteiger partial charge in [0.15, 0.2) is 0 Å². The minimum Gasteiger partial charge on any atom is -0.334 e. The summed E-state index contributed by atoms with van der Waals surface area (Å²) in [5.41, 5.74) is 3.65. The number of hydrogen-bond donors (Lipinski definition) is 1. The van der Waals surface area contributed by atoms with Crippen LogP contribution in [0.25, 0.3) is 17.0 Å². The molecule has 0 spiro atoms. The average molecular weight is 473 g/mol. The molecule has 2 heterocycles. The van der Waals surface area contributed by atoms with Crippen LogP contribution in [0.5, 0.6) is 0 Å². The van der Waals surface area contributed by atoms with Crippen LogP contribution in [-0.4, -0.2) is 22.4 Å². The first-order valence-corrected chi connectivity index (χ1v) is 11.9. The highest BCUT2D eigenvalue weighted by atomic mass is 32.2. The molecule has 6 nitrogen and oxygen atoms in total. The van der Waals surface area contributed by atoms with Crippen molar-refractivity contribution in [3.05, 3.63) is 102 Å². The van der Waals surface area contributed by atoms with E-state index in [9.17, 15) is 9.18 Å². The van der Waals surface area contributed by atoms with E-state index < -0.39 is 6.04 Å². The number of carbonyl (C=O) groups excluding carboxylic acids is 1. The van der Waals surface area contributed by atoms with Crippen molar-refractivity contribution >= 4 is 29.1 Å². The second-order valence-electron chi connectivity index (χ2n) is 7.76. The molecule has 0 saturated carbocycles. The zero-order valence-corrected chi connectivity index (χ0v) is 19.3. The number of aromatic nitrogens is 2. The lowest BCUT2D eigenvalue weighted by molar-refractivity contribution is 0.244. The van der Waals surface area contributed by atoms with Gasteiger partial charge in [-0.1, -0.05) is 41.6 Å². The van der Waals surface area contributed by atoms with Crippen LogP contribution in [0.3, 0.4) is 0 Å². The van der Waals surface area contributed by atoms with Gasteiger partial charge in [-0.05, 0) is 61.2 Å². The normalized spacial score (nSPS) is 16.0. The van der Waals surface area contributed by atoms with E-state index in [1.165, 1.54) is 12.1 Å². The summed E-state index contributed by atoms with van der Waals surface area (Å²) in [5.74, 6) is 0.292. The molecular weight excluding hydrogens is 451 g/mol. The maximum atomic E-state index is 13.4. The highest BCUT2D eigenvalue weighted by Gasteiger charge is 2.36. The van der Waals surface area contributed by atoms with E-state index in [-0.39, 0.29) is 17.7 Å². The fourth-order valence-electron chi connectivity index (χ4n) is 4.03. The topological polar surface area (TPSA) is 71.3 Å². The molecule has 3 aromatic carbocycles. The van der Waals surface area contributed by atoms with Crippen molar-refractivity contribution in [2.24, 2.45) is 0 Å². The lowest BCUT2D eigenvalue weighted by atomic mass is 9.94. The van der Waals surface area contributed by atoms with Gasteiger partial charge in [-0.2, -0.15) is 4.98 Å². The van der Waals surface area contributed by atoms with Gasteiger partial charge in [-0.15, -0.1) is 11.8 Å². The molecule has 1 aliphatic heterocycles. The van der Waals surface area contributed by atoms with E-state index in [1.807, 2.05) is 67.8 Å². The van der Waals surface area contributed by atoms with Crippen molar-refractivity contribution in [2.45, 2.75) is 17.9 Å². The van der Waals surface area contributed by atoms with Crippen molar-refractivity contribution in [1.29, 1.82) is 0 Å². The number of rotatable bonds is 5. The molecule has 2 amide bonds. The first-order valence-electron chi connectivity index (χ1n) is 10.7. The first kappa shape index (κ1) is 21.9. The third-order valence-corrected chi connectivity index (χ3v) is 6.41. The highest BCUT2D eigenvalue weighted by molar-refractivity contribution is 7.98. The molecule has 0 bridgehead atoms. The number of hydrogen-bond acceptors (Lipinski definition) is 5. The van der Waals surface area contributed by atoms with Crippen LogP contribution in [-0.2, 0) is 0 Å². The maximum absolute atomic E-state index is 13.4. The number of benzene rings is 3. The Balaban J connectivity index is 1.65. The van der Waals surface area contributed by atoms with Gasteiger partial charge in [-0.3, -0.25) is 4.90 Å².